The van der Waals surface area contributed by atoms with E-state index in [0.717, 1.165) is 12.2 Å². The van der Waals surface area contributed by atoms with Crippen LogP contribution < -0.4 is 10.6 Å². The summed E-state index contributed by atoms with van der Waals surface area (Å²) in [6, 6.07) is 3.87. The molecule has 1 aliphatic rings. The lowest BCUT2D eigenvalue weighted by Crippen LogP contribution is -2.43. The minimum atomic E-state index is -0.0865. The second-order valence-corrected chi connectivity index (χ2v) is 4.16. The van der Waals surface area contributed by atoms with Gasteiger partial charge in [-0.05, 0) is 19.2 Å². The van der Waals surface area contributed by atoms with Crippen molar-refractivity contribution in [2.75, 3.05) is 26.8 Å². The third-order valence-electron chi connectivity index (χ3n) is 3.04. The average molecular weight is 238 g/mol. The van der Waals surface area contributed by atoms with Crippen molar-refractivity contribution in [3.8, 4) is 0 Å². The number of rotatable bonds is 5. The number of nitrogens with one attached hydrogen (secondary N) is 2. The van der Waals surface area contributed by atoms with E-state index < -0.39 is 0 Å². The summed E-state index contributed by atoms with van der Waals surface area (Å²) in [5.41, 5.74) is 0. The summed E-state index contributed by atoms with van der Waals surface area (Å²) < 4.78 is 10.5. The Morgan fingerprint density at radius 1 is 1.53 bits per heavy atom. The van der Waals surface area contributed by atoms with Crippen molar-refractivity contribution in [3.05, 3.63) is 24.2 Å². The number of carbonyl (C=O) groups excluding carboxylic acids is 1. The van der Waals surface area contributed by atoms with E-state index in [1.165, 1.54) is 0 Å². The molecule has 94 valence electrons. The van der Waals surface area contributed by atoms with Crippen LogP contribution >= 0.6 is 0 Å². The van der Waals surface area contributed by atoms with Gasteiger partial charge < -0.3 is 19.8 Å². The molecule has 2 rings (SSSR count). The monoisotopic (exact) mass is 238 g/mol. The lowest BCUT2D eigenvalue weighted by molar-refractivity contribution is -0.125. The van der Waals surface area contributed by atoms with Gasteiger partial charge in [0.1, 0.15) is 5.76 Å². The molecule has 2 heterocycles. The zero-order valence-electron chi connectivity index (χ0n) is 9.94. The van der Waals surface area contributed by atoms with E-state index in [1.54, 1.807) is 6.26 Å². The number of likely N-dealkylation sites (N-methyl/N-ethyl adjacent to an activating group) is 1. The molecule has 1 aromatic rings. The second-order valence-electron chi connectivity index (χ2n) is 4.16. The molecule has 1 fully saturated rings. The Labute approximate surface area is 101 Å². The first kappa shape index (κ1) is 12.1. The predicted octanol–water partition coefficient (Wildman–Crippen LogP) is 0.173. The molecule has 1 amide bonds. The van der Waals surface area contributed by atoms with Crippen LogP contribution in [-0.2, 0) is 16.0 Å². The van der Waals surface area contributed by atoms with Gasteiger partial charge in [-0.15, -0.1) is 0 Å². The van der Waals surface area contributed by atoms with Crippen molar-refractivity contribution in [2.45, 2.75) is 12.5 Å². The van der Waals surface area contributed by atoms with Gasteiger partial charge in [0.2, 0.25) is 5.91 Å². The SMILES string of the molecule is CNC1COCC1C(=O)NCCc1ccco1. The number of hydrogen-bond donors (Lipinski definition) is 2. The Kier molecular flexibility index (Phi) is 4.17. The summed E-state index contributed by atoms with van der Waals surface area (Å²) in [7, 11) is 1.85. The first-order chi connectivity index (χ1) is 8.31. The molecule has 2 N–H and O–H groups in total. The van der Waals surface area contributed by atoms with Gasteiger partial charge in [-0.3, -0.25) is 4.79 Å². The largest absolute Gasteiger partial charge is 0.469 e. The van der Waals surface area contributed by atoms with E-state index in [4.69, 9.17) is 9.15 Å². The first-order valence-corrected chi connectivity index (χ1v) is 5.86. The lowest BCUT2D eigenvalue weighted by Gasteiger charge is -2.16. The van der Waals surface area contributed by atoms with Crippen molar-refractivity contribution >= 4 is 5.91 Å². The highest BCUT2D eigenvalue weighted by Gasteiger charge is 2.32. The van der Waals surface area contributed by atoms with Crippen molar-refractivity contribution in [2.24, 2.45) is 5.92 Å². The van der Waals surface area contributed by atoms with Crippen LogP contribution in [0.5, 0.6) is 0 Å². The molecule has 0 saturated carbocycles. The maximum absolute atomic E-state index is 11.9. The fraction of sp³-hybridized carbons (Fsp3) is 0.583. The first-order valence-electron chi connectivity index (χ1n) is 5.86. The molecule has 0 spiro atoms. The van der Waals surface area contributed by atoms with E-state index in [2.05, 4.69) is 10.6 Å². The third kappa shape index (κ3) is 3.08. The Morgan fingerprint density at radius 3 is 3.12 bits per heavy atom. The maximum Gasteiger partial charge on any atom is 0.227 e. The predicted molar refractivity (Wildman–Crippen MR) is 62.6 cm³/mol. The molecule has 5 heteroatoms. The van der Waals surface area contributed by atoms with Crippen molar-refractivity contribution < 1.29 is 13.9 Å². The van der Waals surface area contributed by atoms with E-state index in [1.807, 2.05) is 19.2 Å². The van der Waals surface area contributed by atoms with Crippen LogP contribution in [0.25, 0.3) is 0 Å². The van der Waals surface area contributed by atoms with Gasteiger partial charge in [0.15, 0.2) is 0 Å². The van der Waals surface area contributed by atoms with Gasteiger partial charge in [0, 0.05) is 19.0 Å². The molecule has 17 heavy (non-hydrogen) atoms. The van der Waals surface area contributed by atoms with E-state index in [0.29, 0.717) is 19.8 Å². The number of ether oxygens (including phenoxy) is 1. The zero-order chi connectivity index (χ0) is 12.1. The molecule has 2 atom stereocenters. The van der Waals surface area contributed by atoms with Crippen LogP contribution in [-0.4, -0.2) is 38.8 Å². The van der Waals surface area contributed by atoms with Gasteiger partial charge in [0.05, 0.1) is 25.4 Å². The zero-order valence-corrected chi connectivity index (χ0v) is 9.94. The number of carbonyl (C=O) groups is 1. The van der Waals surface area contributed by atoms with Gasteiger partial charge in [-0.1, -0.05) is 0 Å². The summed E-state index contributed by atoms with van der Waals surface area (Å²) >= 11 is 0. The average Bonchev–Trinajstić information content (AvgIpc) is 2.99. The van der Waals surface area contributed by atoms with E-state index in [9.17, 15) is 4.79 Å². The lowest BCUT2D eigenvalue weighted by atomic mass is 10.0. The molecule has 1 aromatic heterocycles. The Bertz CT molecular complexity index is 351. The molecule has 0 aromatic carbocycles. The minimum absolute atomic E-state index is 0.0495. The maximum atomic E-state index is 11.9. The summed E-state index contributed by atoms with van der Waals surface area (Å²) in [6.45, 7) is 1.70. The smallest absolute Gasteiger partial charge is 0.227 e. The summed E-state index contributed by atoms with van der Waals surface area (Å²) in [4.78, 5) is 11.9. The van der Waals surface area contributed by atoms with Crippen LogP contribution in [0.3, 0.4) is 0 Å². The minimum Gasteiger partial charge on any atom is -0.469 e. The fourth-order valence-corrected chi connectivity index (χ4v) is 1.99. The Balaban J connectivity index is 1.73. The number of hydrogen-bond acceptors (Lipinski definition) is 4. The molecule has 1 saturated heterocycles. The molecule has 1 aliphatic heterocycles. The molecule has 2 unspecified atom stereocenters. The standard InChI is InChI=1S/C12H18N2O3/c1-13-11-8-16-7-10(11)12(15)14-5-4-9-3-2-6-17-9/h2-3,6,10-11,13H,4-5,7-8H2,1H3,(H,14,15). The summed E-state index contributed by atoms with van der Waals surface area (Å²) in [6.07, 6.45) is 2.36. The highest BCUT2D eigenvalue weighted by molar-refractivity contribution is 5.79. The normalized spacial score (nSPS) is 23.8. The quantitative estimate of drug-likeness (QED) is 0.767. The van der Waals surface area contributed by atoms with Gasteiger partial charge >= 0.3 is 0 Å². The number of furan rings is 1. The Hall–Kier alpha value is -1.33. The van der Waals surface area contributed by atoms with Crippen LogP contribution in [0.1, 0.15) is 5.76 Å². The van der Waals surface area contributed by atoms with Gasteiger partial charge in [-0.25, -0.2) is 0 Å². The summed E-state index contributed by atoms with van der Waals surface area (Å²) in [5, 5.41) is 6.00. The van der Waals surface area contributed by atoms with Gasteiger partial charge in [0.25, 0.3) is 0 Å². The molecule has 0 radical (unpaired) electrons. The topological polar surface area (TPSA) is 63.5 Å². The molecule has 0 bridgehead atoms. The fourth-order valence-electron chi connectivity index (χ4n) is 1.99. The van der Waals surface area contributed by atoms with Gasteiger partial charge in [-0.2, -0.15) is 0 Å². The van der Waals surface area contributed by atoms with Crippen molar-refractivity contribution in [1.29, 1.82) is 0 Å². The van der Waals surface area contributed by atoms with Crippen molar-refractivity contribution in [3.63, 3.8) is 0 Å². The molecule has 0 aliphatic carbocycles. The van der Waals surface area contributed by atoms with Crippen LogP contribution in [0.4, 0.5) is 0 Å². The number of amides is 1. The third-order valence-corrected chi connectivity index (χ3v) is 3.04. The van der Waals surface area contributed by atoms with Crippen LogP contribution in [0.2, 0.25) is 0 Å². The van der Waals surface area contributed by atoms with Crippen LogP contribution in [0, 0.1) is 5.92 Å². The van der Waals surface area contributed by atoms with Crippen molar-refractivity contribution in [1.82, 2.24) is 10.6 Å². The Morgan fingerprint density at radius 2 is 2.41 bits per heavy atom. The molecular formula is C12H18N2O3. The second kappa shape index (κ2) is 5.84. The highest BCUT2D eigenvalue weighted by Crippen LogP contribution is 2.13. The molecular weight excluding hydrogens is 220 g/mol. The molecule has 5 nitrogen and oxygen atoms in total. The highest BCUT2D eigenvalue weighted by atomic mass is 16.5. The van der Waals surface area contributed by atoms with E-state index >= 15 is 0 Å². The summed E-state index contributed by atoms with van der Waals surface area (Å²) in [5.74, 6) is 0.850. The van der Waals surface area contributed by atoms with E-state index in [-0.39, 0.29) is 17.9 Å². The van der Waals surface area contributed by atoms with Crippen LogP contribution in [0.15, 0.2) is 22.8 Å².